The van der Waals surface area contributed by atoms with Gasteiger partial charge in [0.15, 0.2) is 0 Å². The summed E-state index contributed by atoms with van der Waals surface area (Å²) in [6.45, 7) is 12.0. The third-order valence-electron chi connectivity index (χ3n) is 1.37. The van der Waals surface area contributed by atoms with Crippen molar-refractivity contribution in [1.82, 2.24) is 5.32 Å². The topological polar surface area (TPSA) is 12.0 Å². The van der Waals surface area contributed by atoms with Crippen LogP contribution in [-0.4, -0.2) is 13.1 Å². The first kappa shape index (κ1) is 11.0. The van der Waals surface area contributed by atoms with Crippen LogP contribution >= 0.6 is 11.6 Å². The summed E-state index contributed by atoms with van der Waals surface area (Å²) in [6, 6.07) is 0. The minimum absolute atomic E-state index is 0.403. The van der Waals surface area contributed by atoms with Gasteiger partial charge in [0.25, 0.3) is 0 Å². The molecule has 0 heterocycles. The summed E-state index contributed by atoms with van der Waals surface area (Å²) in [7, 11) is 0. The molecule has 2 heteroatoms. The van der Waals surface area contributed by atoms with Crippen LogP contribution in [0, 0.1) is 5.41 Å². The second-order valence-electron chi connectivity index (χ2n) is 4.00. The number of halogens is 1. The average molecular weight is 176 g/mol. The Balaban J connectivity index is 3.22. The van der Waals surface area contributed by atoms with Crippen LogP contribution in [0.15, 0.2) is 11.6 Å². The smallest absolute Gasteiger partial charge is 0.0307 e. The molecule has 0 aromatic rings. The van der Waals surface area contributed by atoms with Gasteiger partial charge in [-0.25, -0.2) is 0 Å². The largest absolute Gasteiger partial charge is 0.312 e. The Morgan fingerprint density at radius 1 is 1.45 bits per heavy atom. The Kier molecular flexibility index (Phi) is 4.78. The molecule has 0 radical (unpaired) electrons. The number of nitrogens with one attached hydrogen (secondary N) is 1. The molecule has 0 aromatic heterocycles. The molecule has 1 N–H and O–H groups in total. The number of hydrogen-bond donors (Lipinski definition) is 1. The van der Waals surface area contributed by atoms with E-state index in [2.05, 4.69) is 32.7 Å². The lowest BCUT2D eigenvalue weighted by Crippen LogP contribution is -2.21. The lowest BCUT2D eigenvalue weighted by atomic mass is 9.92. The van der Waals surface area contributed by atoms with E-state index < -0.39 is 0 Å². The Hall–Kier alpha value is -0.0100. The fourth-order valence-electron chi connectivity index (χ4n) is 0.687. The zero-order valence-corrected chi connectivity index (χ0v) is 8.46. The third-order valence-corrected chi connectivity index (χ3v) is 1.50. The lowest BCUT2D eigenvalue weighted by molar-refractivity contribution is 0.370. The predicted molar refractivity (Wildman–Crippen MR) is 51.9 cm³/mol. The molecule has 0 aliphatic heterocycles. The average Bonchev–Trinajstić information content (AvgIpc) is 1.78. The molecule has 1 nitrogen and oxygen atoms in total. The van der Waals surface area contributed by atoms with Gasteiger partial charge in [0, 0.05) is 11.6 Å². The molecule has 0 rings (SSSR count). The molecule has 0 spiro atoms. The highest BCUT2D eigenvalue weighted by molar-refractivity contribution is 6.29. The van der Waals surface area contributed by atoms with E-state index in [-0.39, 0.29) is 0 Å². The molecular weight excluding hydrogens is 158 g/mol. The summed E-state index contributed by atoms with van der Waals surface area (Å²) in [5, 5.41) is 3.89. The summed E-state index contributed by atoms with van der Waals surface area (Å²) in [4.78, 5) is 0. The van der Waals surface area contributed by atoms with E-state index in [0.29, 0.717) is 10.4 Å². The molecule has 0 bridgehead atoms. The summed E-state index contributed by atoms with van der Waals surface area (Å²) >= 11 is 5.57. The summed E-state index contributed by atoms with van der Waals surface area (Å²) in [6.07, 6.45) is 1.16. The van der Waals surface area contributed by atoms with Crippen LogP contribution in [0.25, 0.3) is 0 Å². The number of hydrogen-bond acceptors (Lipinski definition) is 1. The zero-order chi connectivity index (χ0) is 8.91. The van der Waals surface area contributed by atoms with Gasteiger partial charge in [-0.3, -0.25) is 0 Å². The fraction of sp³-hybridized carbons (Fsp3) is 0.778. The second kappa shape index (κ2) is 4.78. The van der Waals surface area contributed by atoms with Crippen molar-refractivity contribution in [2.24, 2.45) is 5.41 Å². The van der Waals surface area contributed by atoms with Crippen LogP contribution in [0.4, 0.5) is 0 Å². The van der Waals surface area contributed by atoms with Crippen molar-refractivity contribution in [3.8, 4) is 0 Å². The highest BCUT2D eigenvalue weighted by Gasteiger charge is 2.08. The lowest BCUT2D eigenvalue weighted by Gasteiger charge is -2.17. The molecule has 0 saturated carbocycles. The number of rotatable bonds is 4. The Morgan fingerprint density at radius 2 is 2.00 bits per heavy atom. The Labute approximate surface area is 74.8 Å². The van der Waals surface area contributed by atoms with Gasteiger partial charge in [-0.05, 0) is 18.4 Å². The van der Waals surface area contributed by atoms with E-state index >= 15 is 0 Å². The van der Waals surface area contributed by atoms with Gasteiger partial charge < -0.3 is 5.32 Å². The first-order valence-corrected chi connectivity index (χ1v) is 4.33. The third kappa shape index (κ3) is 9.99. The highest BCUT2D eigenvalue weighted by Crippen LogP contribution is 2.16. The molecule has 0 saturated heterocycles. The van der Waals surface area contributed by atoms with Gasteiger partial charge in [-0.15, -0.1) is 0 Å². The normalized spacial score (nSPS) is 11.6. The summed E-state index contributed by atoms with van der Waals surface area (Å²) < 4.78 is 0. The molecule has 0 aliphatic carbocycles. The van der Waals surface area contributed by atoms with E-state index in [0.717, 1.165) is 19.5 Å². The highest BCUT2D eigenvalue weighted by atomic mass is 35.5. The van der Waals surface area contributed by atoms with Crippen LogP contribution in [-0.2, 0) is 0 Å². The van der Waals surface area contributed by atoms with E-state index in [4.69, 9.17) is 11.6 Å². The molecule has 11 heavy (non-hydrogen) atoms. The van der Waals surface area contributed by atoms with Crippen LogP contribution in [0.2, 0.25) is 0 Å². The summed E-state index contributed by atoms with van der Waals surface area (Å²) in [5.74, 6) is 0. The van der Waals surface area contributed by atoms with E-state index in [1.807, 2.05) is 0 Å². The Morgan fingerprint density at radius 3 is 2.36 bits per heavy atom. The molecular formula is C9H18ClN. The SMILES string of the molecule is C=C(Cl)CNCCC(C)(C)C. The quantitative estimate of drug-likeness (QED) is 0.648. The van der Waals surface area contributed by atoms with Gasteiger partial charge >= 0.3 is 0 Å². The van der Waals surface area contributed by atoms with Crippen molar-refractivity contribution in [2.45, 2.75) is 27.2 Å². The zero-order valence-electron chi connectivity index (χ0n) is 7.71. The second-order valence-corrected chi connectivity index (χ2v) is 4.54. The minimum atomic E-state index is 0.403. The van der Waals surface area contributed by atoms with Crippen molar-refractivity contribution < 1.29 is 0 Å². The van der Waals surface area contributed by atoms with Gasteiger partial charge in [-0.2, -0.15) is 0 Å². The molecule has 0 atom stereocenters. The predicted octanol–water partition coefficient (Wildman–Crippen LogP) is 2.76. The van der Waals surface area contributed by atoms with Crippen LogP contribution in [0.1, 0.15) is 27.2 Å². The first-order chi connectivity index (χ1) is 4.92. The van der Waals surface area contributed by atoms with Crippen molar-refractivity contribution in [3.05, 3.63) is 11.6 Å². The molecule has 0 unspecified atom stereocenters. The van der Waals surface area contributed by atoms with E-state index in [1.54, 1.807) is 0 Å². The van der Waals surface area contributed by atoms with Crippen LogP contribution in [0.5, 0.6) is 0 Å². The minimum Gasteiger partial charge on any atom is -0.312 e. The molecule has 0 amide bonds. The Bertz CT molecular complexity index is 124. The molecule has 0 aromatic carbocycles. The monoisotopic (exact) mass is 175 g/mol. The maximum Gasteiger partial charge on any atom is 0.0307 e. The summed E-state index contributed by atoms with van der Waals surface area (Å²) in [5.41, 5.74) is 0.403. The molecule has 0 fully saturated rings. The maximum absolute atomic E-state index is 5.57. The first-order valence-electron chi connectivity index (χ1n) is 3.96. The van der Waals surface area contributed by atoms with Gasteiger partial charge in [0.1, 0.15) is 0 Å². The van der Waals surface area contributed by atoms with Crippen molar-refractivity contribution in [2.75, 3.05) is 13.1 Å². The molecule has 0 aliphatic rings. The van der Waals surface area contributed by atoms with Crippen molar-refractivity contribution in [3.63, 3.8) is 0 Å². The van der Waals surface area contributed by atoms with E-state index in [9.17, 15) is 0 Å². The standard InChI is InChI=1S/C9H18ClN/c1-8(10)7-11-6-5-9(2,3)4/h11H,1,5-7H2,2-4H3. The van der Waals surface area contributed by atoms with Gasteiger partial charge in [-0.1, -0.05) is 39.0 Å². The van der Waals surface area contributed by atoms with Crippen LogP contribution in [0.3, 0.4) is 0 Å². The van der Waals surface area contributed by atoms with Gasteiger partial charge in [0.2, 0.25) is 0 Å². The van der Waals surface area contributed by atoms with Crippen molar-refractivity contribution in [1.29, 1.82) is 0 Å². The van der Waals surface area contributed by atoms with Gasteiger partial charge in [0.05, 0.1) is 0 Å². The fourth-order valence-corrected chi connectivity index (χ4v) is 0.782. The molecule has 66 valence electrons. The van der Waals surface area contributed by atoms with Crippen molar-refractivity contribution >= 4 is 11.6 Å². The van der Waals surface area contributed by atoms with Crippen LogP contribution < -0.4 is 5.32 Å². The maximum atomic E-state index is 5.57. The van der Waals surface area contributed by atoms with E-state index in [1.165, 1.54) is 0 Å².